The van der Waals surface area contributed by atoms with Crippen molar-refractivity contribution in [3.8, 4) is 22.5 Å². The molecule has 3 heterocycles. The van der Waals surface area contributed by atoms with Gasteiger partial charge < -0.3 is 4.90 Å². The van der Waals surface area contributed by atoms with Gasteiger partial charge in [-0.25, -0.2) is 10.1 Å². The lowest BCUT2D eigenvalue weighted by molar-refractivity contribution is 0.828. The van der Waals surface area contributed by atoms with Crippen molar-refractivity contribution in [1.82, 2.24) is 35.2 Å². The summed E-state index contributed by atoms with van der Waals surface area (Å²) in [7, 11) is 2.07. The second-order valence-corrected chi connectivity index (χ2v) is 7.21. The monoisotopic (exact) mass is 396 g/mol. The Labute approximate surface area is 173 Å². The Morgan fingerprint density at radius 3 is 2.57 bits per heavy atom. The quantitative estimate of drug-likeness (QED) is 0.489. The number of aromatic nitrogens is 7. The van der Waals surface area contributed by atoms with Gasteiger partial charge in [0, 0.05) is 37.0 Å². The molecule has 0 amide bonds. The summed E-state index contributed by atoms with van der Waals surface area (Å²) in [5, 5.41) is 18.7. The number of hydrogen-bond donors (Lipinski definition) is 1. The van der Waals surface area contributed by atoms with Gasteiger partial charge in [0.2, 0.25) is 0 Å². The van der Waals surface area contributed by atoms with Gasteiger partial charge in [0.25, 0.3) is 0 Å². The van der Waals surface area contributed by atoms with Crippen LogP contribution < -0.4 is 4.90 Å². The van der Waals surface area contributed by atoms with Crippen molar-refractivity contribution in [3.05, 3.63) is 78.1 Å². The number of anilines is 1. The summed E-state index contributed by atoms with van der Waals surface area (Å²) in [6, 6.07) is 20.6. The van der Waals surface area contributed by atoms with Crippen LogP contribution in [-0.2, 0) is 6.54 Å². The van der Waals surface area contributed by atoms with Gasteiger partial charge in [-0.1, -0.05) is 48.5 Å². The largest absolute Gasteiger partial charge is 0.355 e. The van der Waals surface area contributed by atoms with E-state index in [2.05, 4.69) is 79.1 Å². The maximum Gasteiger partial charge on any atom is 0.180 e. The summed E-state index contributed by atoms with van der Waals surface area (Å²) in [5.74, 6) is 1.67. The molecule has 0 aliphatic heterocycles. The van der Waals surface area contributed by atoms with E-state index in [0.29, 0.717) is 5.82 Å². The molecule has 0 spiro atoms. The molecule has 5 aromatic rings. The van der Waals surface area contributed by atoms with Crippen molar-refractivity contribution in [3.63, 3.8) is 0 Å². The average Bonchev–Trinajstić information content (AvgIpc) is 3.46. The minimum absolute atomic E-state index is 0.658. The van der Waals surface area contributed by atoms with Gasteiger partial charge in [0.05, 0.1) is 6.20 Å². The van der Waals surface area contributed by atoms with E-state index in [0.717, 1.165) is 40.4 Å². The molecule has 0 radical (unpaired) electrons. The average molecular weight is 396 g/mol. The fraction of sp³-hybridized carbons (Fsp3) is 0.136. The summed E-state index contributed by atoms with van der Waals surface area (Å²) >= 11 is 0. The Morgan fingerprint density at radius 1 is 1.00 bits per heavy atom. The van der Waals surface area contributed by atoms with Crippen LogP contribution >= 0.6 is 0 Å². The third-order valence-corrected chi connectivity index (χ3v) is 5.07. The number of fused-ring (bicyclic) bond motifs is 1. The van der Waals surface area contributed by atoms with Crippen molar-refractivity contribution >= 4 is 11.5 Å². The molecule has 0 saturated heterocycles. The van der Waals surface area contributed by atoms with Crippen molar-refractivity contribution in [1.29, 1.82) is 0 Å². The molecule has 8 heteroatoms. The van der Waals surface area contributed by atoms with E-state index < -0.39 is 0 Å². The molecular formula is C22H20N8. The van der Waals surface area contributed by atoms with Crippen molar-refractivity contribution < 1.29 is 0 Å². The van der Waals surface area contributed by atoms with Gasteiger partial charge >= 0.3 is 0 Å². The number of H-pyrrole nitrogens is 1. The van der Waals surface area contributed by atoms with E-state index >= 15 is 0 Å². The van der Waals surface area contributed by atoms with Gasteiger partial charge in [-0.2, -0.15) is 9.61 Å². The van der Waals surface area contributed by atoms with Crippen molar-refractivity contribution in [2.75, 3.05) is 11.9 Å². The molecule has 5 rings (SSSR count). The highest BCUT2D eigenvalue weighted by Crippen LogP contribution is 2.30. The number of aryl methyl sites for hydroxylation is 1. The molecule has 30 heavy (non-hydrogen) atoms. The number of nitrogens with zero attached hydrogens (tertiary/aromatic N) is 7. The van der Waals surface area contributed by atoms with E-state index in [1.165, 1.54) is 5.56 Å². The van der Waals surface area contributed by atoms with Crippen LogP contribution in [0.1, 0.15) is 11.3 Å². The number of rotatable bonds is 5. The highest BCUT2D eigenvalue weighted by molar-refractivity contribution is 5.80. The molecule has 0 aliphatic rings. The fourth-order valence-electron chi connectivity index (χ4n) is 3.65. The first-order valence-electron chi connectivity index (χ1n) is 9.64. The van der Waals surface area contributed by atoms with Crippen molar-refractivity contribution in [2.24, 2.45) is 0 Å². The van der Waals surface area contributed by atoms with Gasteiger partial charge in [-0.05, 0) is 34.0 Å². The van der Waals surface area contributed by atoms with E-state index in [1.807, 2.05) is 35.7 Å². The maximum absolute atomic E-state index is 4.52. The number of benzene rings is 2. The van der Waals surface area contributed by atoms with Crippen LogP contribution in [0.15, 0.2) is 66.9 Å². The Bertz CT molecular complexity index is 1290. The topological polar surface area (TPSA) is 87.9 Å². The molecule has 0 unspecified atom stereocenters. The summed E-state index contributed by atoms with van der Waals surface area (Å²) in [6.07, 6.45) is 1.77. The van der Waals surface area contributed by atoms with Crippen LogP contribution in [0.25, 0.3) is 28.2 Å². The highest BCUT2D eigenvalue weighted by atomic mass is 15.5. The maximum atomic E-state index is 4.52. The molecule has 3 aromatic heterocycles. The van der Waals surface area contributed by atoms with Crippen LogP contribution in [0.3, 0.4) is 0 Å². The SMILES string of the molecule is Cc1cc(N(C)Cc2ccc(-c3ccccc3-c3nnn[nH]3)cc2)n2nccc2n1. The van der Waals surface area contributed by atoms with Gasteiger partial charge in [0.15, 0.2) is 11.5 Å². The van der Waals surface area contributed by atoms with E-state index in [1.54, 1.807) is 6.20 Å². The Kier molecular flexibility index (Phi) is 4.44. The van der Waals surface area contributed by atoms with Crippen molar-refractivity contribution in [2.45, 2.75) is 13.5 Å². The zero-order valence-electron chi connectivity index (χ0n) is 16.7. The lowest BCUT2D eigenvalue weighted by atomic mass is 9.98. The molecule has 0 aliphatic carbocycles. The summed E-state index contributed by atoms with van der Waals surface area (Å²) in [6.45, 7) is 2.76. The third kappa shape index (κ3) is 3.28. The van der Waals surface area contributed by atoms with E-state index in [-0.39, 0.29) is 0 Å². The number of nitrogens with one attached hydrogen (secondary N) is 1. The van der Waals surface area contributed by atoms with Crippen LogP contribution in [-0.4, -0.2) is 42.3 Å². The number of hydrogen-bond acceptors (Lipinski definition) is 6. The smallest absolute Gasteiger partial charge is 0.180 e. The second kappa shape index (κ2) is 7.40. The lowest BCUT2D eigenvalue weighted by Crippen LogP contribution is -2.20. The third-order valence-electron chi connectivity index (χ3n) is 5.07. The van der Waals surface area contributed by atoms with E-state index in [9.17, 15) is 0 Å². The fourth-order valence-corrected chi connectivity index (χ4v) is 3.65. The molecule has 0 fully saturated rings. The summed E-state index contributed by atoms with van der Waals surface area (Å²) in [4.78, 5) is 6.70. The molecule has 148 valence electrons. The molecule has 1 N–H and O–H groups in total. The molecular weight excluding hydrogens is 376 g/mol. The summed E-state index contributed by atoms with van der Waals surface area (Å²) in [5.41, 5.74) is 6.20. The molecule has 0 saturated carbocycles. The van der Waals surface area contributed by atoms with Crippen LogP contribution in [0.5, 0.6) is 0 Å². The van der Waals surface area contributed by atoms with Gasteiger partial charge in [0.1, 0.15) is 5.82 Å². The Morgan fingerprint density at radius 2 is 1.80 bits per heavy atom. The minimum Gasteiger partial charge on any atom is -0.355 e. The first-order valence-corrected chi connectivity index (χ1v) is 9.64. The van der Waals surface area contributed by atoms with Gasteiger partial charge in [-0.3, -0.25) is 0 Å². The Hall–Kier alpha value is -4.07. The second-order valence-electron chi connectivity index (χ2n) is 7.21. The molecule has 8 nitrogen and oxygen atoms in total. The first kappa shape index (κ1) is 18.0. The normalized spacial score (nSPS) is 11.1. The molecule has 0 bridgehead atoms. The number of aromatic amines is 1. The predicted molar refractivity (Wildman–Crippen MR) is 115 cm³/mol. The molecule has 0 atom stereocenters. The predicted octanol–water partition coefficient (Wildman–Crippen LogP) is 3.52. The standard InChI is InChI=1S/C22H20N8/c1-15-13-21(30-20(24-15)11-12-23-30)29(2)14-16-7-9-17(10-8-16)18-5-3-4-6-19(18)22-25-27-28-26-22/h3-13H,14H2,1-2H3,(H,25,26,27,28). The first-order chi connectivity index (χ1) is 14.7. The zero-order chi connectivity index (χ0) is 20.5. The minimum atomic E-state index is 0.658. The van der Waals surface area contributed by atoms with Crippen LogP contribution in [0.2, 0.25) is 0 Å². The Balaban J connectivity index is 1.42. The van der Waals surface area contributed by atoms with E-state index in [4.69, 9.17) is 0 Å². The lowest BCUT2D eigenvalue weighted by Gasteiger charge is -2.20. The van der Waals surface area contributed by atoms with Gasteiger partial charge in [-0.15, -0.1) is 5.10 Å². The molecule has 2 aromatic carbocycles. The summed E-state index contributed by atoms with van der Waals surface area (Å²) < 4.78 is 1.86. The van der Waals surface area contributed by atoms with Crippen LogP contribution in [0.4, 0.5) is 5.82 Å². The number of tetrazole rings is 1. The highest BCUT2D eigenvalue weighted by Gasteiger charge is 2.12. The zero-order valence-corrected chi connectivity index (χ0v) is 16.7. The van der Waals surface area contributed by atoms with Crippen LogP contribution in [0, 0.1) is 6.92 Å².